The smallest absolute Gasteiger partial charge is 0.319 e. The second-order valence-electron chi connectivity index (χ2n) is 6.48. The number of anilines is 1. The highest BCUT2D eigenvalue weighted by atomic mass is 16.5. The fourth-order valence-corrected chi connectivity index (χ4v) is 2.52. The molecule has 3 amide bonds. The first-order valence-electron chi connectivity index (χ1n) is 9.69. The molecule has 0 aliphatic rings. The molecule has 2 aromatic carbocycles. The van der Waals surface area contributed by atoms with E-state index in [9.17, 15) is 14.4 Å². The van der Waals surface area contributed by atoms with Gasteiger partial charge in [-0.2, -0.15) is 0 Å². The topological polar surface area (TPSA) is 97.0 Å². The van der Waals surface area contributed by atoms with Gasteiger partial charge in [-0.25, -0.2) is 4.79 Å². The van der Waals surface area contributed by atoms with Crippen molar-refractivity contribution in [3.05, 3.63) is 60.2 Å². The molecule has 0 heterocycles. The molecule has 2 aromatic rings. The Balaban J connectivity index is 1.63. The van der Waals surface area contributed by atoms with Gasteiger partial charge < -0.3 is 25.0 Å². The van der Waals surface area contributed by atoms with Gasteiger partial charge in [-0.1, -0.05) is 30.3 Å². The lowest BCUT2D eigenvalue weighted by Crippen LogP contribution is -2.33. The summed E-state index contributed by atoms with van der Waals surface area (Å²) in [6.45, 7) is 2.66. The van der Waals surface area contributed by atoms with Crippen LogP contribution in [-0.2, 0) is 20.9 Å². The summed E-state index contributed by atoms with van der Waals surface area (Å²) in [4.78, 5) is 37.2. The number of esters is 1. The lowest BCUT2D eigenvalue weighted by Gasteiger charge is -2.17. The number of hydrogen-bond donors (Lipinski definition) is 2. The van der Waals surface area contributed by atoms with Crippen LogP contribution in [0.3, 0.4) is 0 Å². The first-order chi connectivity index (χ1) is 14.5. The summed E-state index contributed by atoms with van der Waals surface area (Å²) >= 11 is 0. The Hall–Kier alpha value is -3.55. The Labute approximate surface area is 176 Å². The summed E-state index contributed by atoms with van der Waals surface area (Å²) in [5.74, 6) is -0.0972. The van der Waals surface area contributed by atoms with Crippen LogP contribution < -0.4 is 15.4 Å². The first-order valence-corrected chi connectivity index (χ1v) is 9.69. The maximum absolute atomic E-state index is 12.2. The van der Waals surface area contributed by atoms with Crippen molar-refractivity contribution in [1.82, 2.24) is 10.2 Å². The third kappa shape index (κ3) is 8.22. The van der Waals surface area contributed by atoms with E-state index in [0.717, 1.165) is 11.3 Å². The summed E-state index contributed by atoms with van der Waals surface area (Å²) in [6.07, 6.45) is -0.0297. The molecule has 0 fully saturated rings. The van der Waals surface area contributed by atoms with E-state index in [1.807, 2.05) is 37.3 Å². The highest BCUT2D eigenvalue weighted by Crippen LogP contribution is 2.13. The van der Waals surface area contributed by atoms with Crippen molar-refractivity contribution in [3.63, 3.8) is 0 Å². The van der Waals surface area contributed by atoms with Gasteiger partial charge in [0.25, 0.3) is 5.91 Å². The monoisotopic (exact) mass is 413 g/mol. The molecule has 2 rings (SSSR count). The van der Waals surface area contributed by atoms with Crippen LogP contribution in [0.15, 0.2) is 54.6 Å². The molecule has 0 radical (unpaired) electrons. The van der Waals surface area contributed by atoms with Crippen molar-refractivity contribution in [2.45, 2.75) is 19.9 Å². The van der Waals surface area contributed by atoms with E-state index in [0.29, 0.717) is 18.8 Å². The Morgan fingerprint density at radius 2 is 1.70 bits per heavy atom. The fourth-order valence-electron chi connectivity index (χ4n) is 2.52. The minimum absolute atomic E-state index is 0.0297. The quantitative estimate of drug-likeness (QED) is 0.584. The highest BCUT2D eigenvalue weighted by molar-refractivity contribution is 5.89. The summed E-state index contributed by atoms with van der Waals surface area (Å²) < 4.78 is 10.4. The molecule has 8 nitrogen and oxygen atoms in total. The van der Waals surface area contributed by atoms with E-state index >= 15 is 0 Å². The Morgan fingerprint density at radius 1 is 1.00 bits per heavy atom. The van der Waals surface area contributed by atoms with Gasteiger partial charge in [0, 0.05) is 25.8 Å². The number of benzene rings is 2. The average Bonchev–Trinajstić information content (AvgIpc) is 2.74. The van der Waals surface area contributed by atoms with E-state index in [4.69, 9.17) is 9.47 Å². The van der Waals surface area contributed by atoms with E-state index in [-0.39, 0.29) is 25.5 Å². The Morgan fingerprint density at radius 3 is 2.37 bits per heavy atom. The van der Waals surface area contributed by atoms with Gasteiger partial charge in [0.1, 0.15) is 5.75 Å². The Bertz CT molecular complexity index is 824. The number of rotatable bonds is 10. The molecule has 0 bridgehead atoms. The number of nitrogens with zero attached hydrogens (tertiary/aromatic N) is 1. The lowest BCUT2D eigenvalue weighted by atomic mass is 10.2. The molecular weight excluding hydrogens is 386 g/mol. The van der Waals surface area contributed by atoms with Gasteiger partial charge in [-0.3, -0.25) is 9.59 Å². The molecule has 0 spiro atoms. The van der Waals surface area contributed by atoms with E-state index < -0.39 is 12.0 Å². The number of nitrogens with one attached hydrogen (secondary N) is 2. The van der Waals surface area contributed by atoms with Crippen LogP contribution in [0.5, 0.6) is 5.75 Å². The maximum Gasteiger partial charge on any atom is 0.319 e. The van der Waals surface area contributed by atoms with Gasteiger partial charge in [0.2, 0.25) is 0 Å². The van der Waals surface area contributed by atoms with Crippen LogP contribution in [0.2, 0.25) is 0 Å². The van der Waals surface area contributed by atoms with Gasteiger partial charge in [0.15, 0.2) is 6.61 Å². The molecule has 0 aromatic heterocycles. The van der Waals surface area contributed by atoms with E-state index in [2.05, 4.69) is 10.6 Å². The molecule has 2 N–H and O–H groups in total. The van der Waals surface area contributed by atoms with Gasteiger partial charge in [-0.05, 0) is 36.8 Å². The maximum atomic E-state index is 12.2. The van der Waals surface area contributed by atoms with Crippen LogP contribution in [-0.4, -0.2) is 49.6 Å². The second-order valence-corrected chi connectivity index (χ2v) is 6.48. The zero-order valence-corrected chi connectivity index (χ0v) is 17.2. The minimum atomic E-state index is -0.558. The molecule has 0 atom stereocenters. The summed E-state index contributed by atoms with van der Waals surface area (Å²) in [5.41, 5.74) is 1.59. The number of carbonyl (C=O) groups is 3. The molecule has 8 heteroatoms. The van der Waals surface area contributed by atoms with Crippen LogP contribution >= 0.6 is 0 Å². The zero-order chi connectivity index (χ0) is 21.8. The van der Waals surface area contributed by atoms with Crippen LogP contribution in [0.1, 0.15) is 18.9 Å². The van der Waals surface area contributed by atoms with Crippen LogP contribution in [0.4, 0.5) is 10.5 Å². The lowest BCUT2D eigenvalue weighted by molar-refractivity contribution is -0.151. The number of ether oxygens (including phenoxy) is 2. The van der Waals surface area contributed by atoms with Crippen molar-refractivity contribution in [2.75, 3.05) is 32.1 Å². The van der Waals surface area contributed by atoms with Crippen molar-refractivity contribution in [1.29, 1.82) is 0 Å². The molecule has 0 aliphatic carbocycles. The fraction of sp³-hybridized carbons (Fsp3) is 0.318. The number of carbonyl (C=O) groups excluding carboxylic acids is 3. The van der Waals surface area contributed by atoms with E-state index in [1.54, 1.807) is 31.3 Å². The SMILES string of the molecule is CCOc1ccc(CN(C)C(=O)COC(=O)CCNC(=O)Nc2ccccc2)cc1. The number of urea groups is 1. The molecule has 0 saturated heterocycles. The Kier molecular flexibility index (Phi) is 9.18. The largest absolute Gasteiger partial charge is 0.494 e. The third-order valence-corrected chi connectivity index (χ3v) is 4.08. The predicted molar refractivity (Wildman–Crippen MR) is 113 cm³/mol. The molecular formula is C22H27N3O5. The normalized spacial score (nSPS) is 10.1. The average molecular weight is 413 g/mol. The van der Waals surface area contributed by atoms with Crippen LogP contribution in [0, 0.1) is 0 Å². The number of amides is 3. The number of hydrogen-bond acceptors (Lipinski definition) is 5. The van der Waals surface area contributed by atoms with Crippen molar-refractivity contribution in [3.8, 4) is 5.75 Å². The summed E-state index contributed by atoms with van der Waals surface area (Å²) in [7, 11) is 1.64. The van der Waals surface area contributed by atoms with Crippen molar-refractivity contribution >= 4 is 23.6 Å². The third-order valence-electron chi connectivity index (χ3n) is 4.08. The van der Waals surface area contributed by atoms with Gasteiger partial charge in [-0.15, -0.1) is 0 Å². The van der Waals surface area contributed by atoms with Crippen molar-refractivity contribution in [2.24, 2.45) is 0 Å². The number of para-hydroxylation sites is 1. The summed E-state index contributed by atoms with van der Waals surface area (Å²) in [6, 6.07) is 16.0. The van der Waals surface area contributed by atoms with E-state index in [1.165, 1.54) is 4.90 Å². The minimum Gasteiger partial charge on any atom is -0.494 e. The van der Waals surface area contributed by atoms with Crippen molar-refractivity contribution < 1.29 is 23.9 Å². The molecule has 30 heavy (non-hydrogen) atoms. The molecule has 0 aliphatic heterocycles. The molecule has 0 unspecified atom stereocenters. The summed E-state index contributed by atoms with van der Waals surface area (Å²) in [5, 5.41) is 5.21. The van der Waals surface area contributed by atoms with Gasteiger partial charge in [0.05, 0.1) is 13.0 Å². The zero-order valence-electron chi connectivity index (χ0n) is 17.2. The standard InChI is InChI=1S/C22H27N3O5/c1-3-29-19-11-9-17(10-12-19)15-25(2)20(26)16-30-21(27)13-14-23-22(28)24-18-7-5-4-6-8-18/h4-12H,3,13-16H2,1-2H3,(H2,23,24,28). The predicted octanol–water partition coefficient (Wildman–Crippen LogP) is 2.80. The number of likely N-dealkylation sites (N-methyl/N-ethyl adjacent to an activating group) is 1. The molecule has 160 valence electrons. The highest BCUT2D eigenvalue weighted by Gasteiger charge is 2.13. The van der Waals surface area contributed by atoms with Gasteiger partial charge >= 0.3 is 12.0 Å². The van der Waals surface area contributed by atoms with Crippen LogP contribution in [0.25, 0.3) is 0 Å². The second kappa shape index (κ2) is 12.1. The molecule has 0 saturated carbocycles. The first kappa shape index (κ1) is 22.7.